The van der Waals surface area contributed by atoms with Gasteiger partial charge in [-0.25, -0.2) is 0 Å². The first-order chi connectivity index (χ1) is 11.3. The summed E-state index contributed by atoms with van der Waals surface area (Å²) >= 11 is 0. The molecule has 0 radical (unpaired) electrons. The summed E-state index contributed by atoms with van der Waals surface area (Å²) in [6.07, 6.45) is 1.72. The summed E-state index contributed by atoms with van der Waals surface area (Å²) in [6, 6.07) is 21.1. The second-order valence-corrected chi connectivity index (χ2v) is 6.17. The molecule has 1 aliphatic heterocycles. The van der Waals surface area contributed by atoms with E-state index in [-0.39, 0.29) is 11.9 Å². The van der Waals surface area contributed by atoms with Gasteiger partial charge < -0.3 is 4.90 Å². The number of amides is 1. The number of benzene rings is 2. The average Bonchev–Trinajstić information content (AvgIpc) is 2.59. The van der Waals surface area contributed by atoms with Crippen molar-refractivity contribution in [3.8, 4) is 0 Å². The van der Waals surface area contributed by atoms with Crippen LogP contribution in [0.15, 0.2) is 60.7 Å². The molecule has 3 nitrogen and oxygen atoms in total. The molecule has 120 valence electrons. The fourth-order valence-electron chi connectivity index (χ4n) is 3.18. The molecule has 3 heteroatoms. The van der Waals surface area contributed by atoms with Crippen LogP contribution in [0.5, 0.6) is 0 Å². The quantitative estimate of drug-likeness (QED) is 0.726. The van der Waals surface area contributed by atoms with Gasteiger partial charge in [-0.3, -0.25) is 9.69 Å². The summed E-state index contributed by atoms with van der Waals surface area (Å²) in [5.74, 6) is 0.257. The van der Waals surface area contributed by atoms with E-state index in [4.69, 9.17) is 0 Å². The van der Waals surface area contributed by atoms with E-state index in [2.05, 4.69) is 48.2 Å². The van der Waals surface area contributed by atoms with Gasteiger partial charge in [0.2, 0.25) is 5.91 Å². The maximum Gasteiger partial charge on any atom is 0.226 e. The molecule has 23 heavy (non-hydrogen) atoms. The van der Waals surface area contributed by atoms with Gasteiger partial charge in [-0.2, -0.15) is 0 Å². The second kappa shape index (κ2) is 7.42. The third-order valence-electron chi connectivity index (χ3n) is 4.39. The maximum absolute atomic E-state index is 12.1. The highest BCUT2D eigenvalue weighted by Crippen LogP contribution is 2.34. The number of rotatable bonds is 7. The van der Waals surface area contributed by atoms with Crippen LogP contribution in [0.2, 0.25) is 0 Å². The van der Waals surface area contributed by atoms with Crippen molar-refractivity contribution in [2.24, 2.45) is 0 Å². The molecular weight excluding hydrogens is 284 g/mol. The summed E-state index contributed by atoms with van der Waals surface area (Å²) in [4.78, 5) is 16.5. The highest BCUT2D eigenvalue weighted by molar-refractivity contribution is 5.83. The van der Waals surface area contributed by atoms with Crippen molar-refractivity contribution >= 4 is 5.91 Å². The normalized spacial score (nSPS) is 17.4. The standard InChI is InChI=1S/C20H24N2O/c1-2-13-21(15-17-9-5-3-6-10-17)16-22-19(14-20(22)23)18-11-7-4-8-12-18/h3-12,19H,2,13-16H2,1H3/t19-/m0/s1. The Labute approximate surface area is 138 Å². The predicted molar refractivity (Wildman–Crippen MR) is 92.7 cm³/mol. The highest BCUT2D eigenvalue weighted by Gasteiger charge is 2.37. The highest BCUT2D eigenvalue weighted by atomic mass is 16.2. The molecule has 1 fully saturated rings. The van der Waals surface area contributed by atoms with E-state index in [1.165, 1.54) is 11.1 Å². The van der Waals surface area contributed by atoms with Crippen molar-refractivity contribution in [1.82, 2.24) is 9.80 Å². The van der Waals surface area contributed by atoms with Gasteiger partial charge in [-0.05, 0) is 24.1 Å². The number of hydrogen-bond acceptors (Lipinski definition) is 2. The molecule has 2 aromatic carbocycles. The molecule has 0 unspecified atom stereocenters. The van der Waals surface area contributed by atoms with E-state index < -0.39 is 0 Å². The van der Waals surface area contributed by atoms with Crippen LogP contribution in [-0.2, 0) is 11.3 Å². The van der Waals surface area contributed by atoms with Crippen molar-refractivity contribution < 1.29 is 4.79 Å². The third kappa shape index (κ3) is 3.80. The van der Waals surface area contributed by atoms with Crippen LogP contribution in [0.4, 0.5) is 0 Å². The molecule has 1 atom stereocenters. The van der Waals surface area contributed by atoms with Crippen LogP contribution in [-0.4, -0.2) is 28.9 Å². The smallest absolute Gasteiger partial charge is 0.226 e. The first-order valence-corrected chi connectivity index (χ1v) is 8.38. The average molecular weight is 308 g/mol. The predicted octanol–water partition coefficient (Wildman–Crippen LogP) is 3.83. The van der Waals surface area contributed by atoms with E-state index in [0.29, 0.717) is 13.1 Å². The molecule has 2 aromatic rings. The minimum atomic E-state index is 0.235. The number of nitrogens with zero attached hydrogens (tertiary/aromatic N) is 2. The summed E-state index contributed by atoms with van der Waals surface area (Å²) in [7, 11) is 0. The van der Waals surface area contributed by atoms with E-state index in [9.17, 15) is 4.79 Å². The number of hydrogen-bond donors (Lipinski definition) is 0. The van der Waals surface area contributed by atoms with E-state index in [0.717, 1.165) is 19.5 Å². The summed E-state index contributed by atoms with van der Waals surface area (Å²) in [6.45, 7) is 4.78. The lowest BCUT2D eigenvalue weighted by molar-refractivity contribution is -0.150. The molecule has 0 N–H and O–H groups in total. The number of carbonyl (C=O) groups excluding carboxylic acids is 1. The van der Waals surface area contributed by atoms with Crippen molar-refractivity contribution in [2.75, 3.05) is 13.2 Å². The maximum atomic E-state index is 12.1. The molecule has 0 bridgehead atoms. The van der Waals surface area contributed by atoms with Gasteiger partial charge in [0, 0.05) is 6.54 Å². The summed E-state index contributed by atoms with van der Waals surface area (Å²) in [5.41, 5.74) is 2.54. The molecule has 1 amide bonds. The van der Waals surface area contributed by atoms with E-state index in [1.807, 2.05) is 29.2 Å². The lowest BCUT2D eigenvalue weighted by Crippen LogP contribution is -2.51. The first-order valence-electron chi connectivity index (χ1n) is 8.38. The Balaban J connectivity index is 1.67. The molecule has 1 saturated heterocycles. The van der Waals surface area contributed by atoms with Crippen molar-refractivity contribution in [2.45, 2.75) is 32.4 Å². The van der Waals surface area contributed by atoms with Gasteiger partial charge in [0.15, 0.2) is 0 Å². The number of β-lactam (4-membered cyclic amide) rings is 1. The Bertz CT molecular complexity index is 627. The number of likely N-dealkylation sites (tertiary alicyclic amines) is 1. The molecule has 0 spiro atoms. The van der Waals surface area contributed by atoms with Gasteiger partial charge in [-0.1, -0.05) is 67.6 Å². The Morgan fingerprint density at radius 3 is 2.30 bits per heavy atom. The van der Waals surface area contributed by atoms with Gasteiger partial charge in [0.1, 0.15) is 0 Å². The van der Waals surface area contributed by atoms with E-state index in [1.54, 1.807) is 0 Å². The van der Waals surface area contributed by atoms with Crippen LogP contribution < -0.4 is 0 Å². The third-order valence-corrected chi connectivity index (χ3v) is 4.39. The van der Waals surface area contributed by atoms with Gasteiger partial charge in [-0.15, -0.1) is 0 Å². The first kappa shape index (κ1) is 15.8. The van der Waals surface area contributed by atoms with Gasteiger partial charge in [0.25, 0.3) is 0 Å². The molecule has 1 heterocycles. The summed E-state index contributed by atoms with van der Waals surface area (Å²) in [5, 5.41) is 0. The molecule has 3 rings (SSSR count). The Hall–Kier alpha value is -2.13. The summed E-state index contributed by atoms with van der Waals surface area (Å²) < 4.78 is 0. The van der Waals surface area contributed by atoms with Crippen molar-refractivity contribution in [1.29, 1.82) is 0 Å². The Kier molecular flexibility index (Phi) is 5.09. The van der Waals surface area contributed by atoms with Crippen molar-refractivity contribution in [3.05, 3.63) is 71.8 Å². The SMILES string of the molecule is CCCN(Cc1ccccc1)CN1C(=O)C[C@H]1c1ccccc1. The van der Waals surface area contributed by atoms with Gasteiger partial charge in [0.05, 0.1) is 19.1 Å². The largest absolute Gasteiger partial charge is 0.322 e. The molecule has 0 aromatic heterocycles. The number of carbonyl (C=O) groups is 1. The van der Waals surface area contributed by atoms with Crippen molar-refractivity contribution in [3.63, 3.8) is 0 Å². The second-order valence-electron chi connectivity index (χ2n) is 6.17. The van der Waals surface area contributed by atoms with Crippen LogP contribution >= 0.6 is 0 Å². The molecule has 1 aliphatic rings. The van der Waals surface area contributed by atoms with Crippen LogP contribution in [0.25, 0.3) is 0 Å². The zero-order valence-electron chi connectivity index (χ0n) is 13.7. The van der Waals surface area contributed by atoms with Crippen LogP contribution in [0.1, 0.15) is 36.9 Å². The topological polar surface area (TPSA) is 23.6 Å². The van der Waals surface area contributed by atoms with Gasteiger partial charge >= 0.3 is 0 Å². The molecule has 0 aliphatic carbocycles. The Morgan fingerprint density at radius 1 is 1.04 bits per heavy atom. The van der Waals surface area contributed by atoms with Crippen LogP contribution in [0, 0.1) is 0 Å². The Morgan fingerprint density at radius 2 is 1.70 bits per heavy atom. The monoisotopic (exact) mass is 308 g/mol. The minimum absolute atomic E-state index is 0.235. The van der Waals surface area contributed by atoms with E-state index >= 15 is 0 Å². The fourth-order valence-corrected chi connectivity index (χ4v) is 3.18. The van der Waals surface area contributed by atoms with Crippen LogP contribution in [0.3, 0.4) is 0 Å². The fraction of sp³-hybridized carbons (Fsp3) is 0.350. The minimum Gasteiger partial charge on any atom is -0.322 e. The lowest BCUT2D eigenvalue weighted by Gasteiger charge is -2.43. The lowest BCUT2D eigenvalue weighted by atomic mass is 9.94. The molecular formula is C20H24N2O. The zero-order valence-corrected chi connectivity index (χ0v) is 13.7. The molecule has 0 saturated carbocycles. The zero-order chi connectivity index (χ0) is 16.1.